The van der Waals surface area contributed by atoms with E-state index in [-0.39, 0.29) is 11.9 Å². The van der Waals surface area contributed by atoms with Crippen LogP contribution >= 0.6 is 15.9 Å². The highest BCUT2D eigenvalue weighted by molar-refractivity contribution is 9.09. The van der Waals surface area contributed by atoms with E-state index in [1.165, 1.54) is 6.26 Å². The average Bonchev–Trinajstić information content (AvgIpc) is 2.71. The Balaban J connectivity index is 2.47. The summed E-state index contributed by atoms with van der Waals surface area (Å²) in [5.74, 6) is 0.119. The summed E-state index contributed by atoms with van der Waals surface area (Å²) in [4.78, 5) is 11.6. The molecule has 5 heteroatoms. The molecule has 1 amide bonds. The standard InChI is InChI=1S/C10H14BrNO3/c1-14-7-8(4-5-11)12-10(13)9-3-2-6-15-9/h2-3,6,8H,4-5,7H2,1H3,(H,12,13). The predicted molar refractivity (Wildman–Crippen MR) is 60.2 cm³/mol. The first-order chi connectivity index (χ1) is 7.27. The summed E-state index contributed by atoms with van der Waals surface area (Å²) >= 11 is 3.33. The molecule has 0 aliphatic carbocycles. The van der Waals surface area contributed by atoms with Crippen LogP contribution in [0.3, 0.4) is 0 Å². The van der Waals surface area contributed by atoms with Crippen molar-refractivity contribution in [3.05, 3.63) is 24.2 Å². The number of amides is 1. The van der Waals surface area contributed by atoms with Crippen LogP contribution in [0.1, 0.15) is 17.0 Å². The monoisotopic (exact) mass is 275 g/mol. The van der Waals surface area contributed by atoms with E-state index in [9.17, 15) is 4.79 Å². The van der Waals surface area contributed by atoms with Gasteiger partial charge in [-0.25, -0.2) is 0 Å². The van der Waals surface area contributed by atoms with Crippen molar-refractivity contribution in [1.82, 2.24) is 5.32 Å². The van der Waals surface area contributed by atoms with E-state index in [0.29, 0.717) is 12.4 Å². The molecule has 0 aliphatic rings. The highest BCUT2D eigenvalue weighted by Crippen LogP contribution is 2.02. The van der Waals surface area contributed by atoms with Gasteiger partial charge in [0.2, 0.25) is 0 Å². The third-order valence-electron chi connectivity index (χ3n) is 1.91. The van der Waals surface area contributed by atoms with Gasteiger partial charge in [0, 0.05) is 12.4 Å². The van der Waals surface area contributed by atoms with Gasteiger partial charge in [0.1, 0.15) is 0 Å². The summed E-state index contributed by atoms with van der Waals surface area (Å²) in [6.07, 6.45) is 2.30. The van der Waals surface area contributed by atoms with Gasteiger partial charge in [0.05, 0.1) is 18.9 Å². The Labute approximate surface area is 97.1 Å². The summed E-state index contributed by atoms with van der Waals surface area (Å²) in [5, 5.41) is 3.65. The number of ether oxygens (including phenoxy) is 1. The van der Waals surface area contributed by atoms with E-state index >= 15 is 0 Å². The van der Waals surface area contributed by atoms with Gasteiger partial charge < -0.3 is 14.5 Å². The lowest BCUT2D eigenvalue weighted by atomic mass is 10.2. The molecule has 0 saturated heterocycles. The molecule has 0 bridgehead atoms. The summed E-state index contributed by atoms with van der Waals surface area (Å²) in [5.41, 5.74) is 0. The van der Waals surface area contributed by atoms with Crippen LogP contribution in [0.25, 0.3) is 0 Å². The summed E-state index contributed by atoms with van der Waals surface area (Å²) in [6.45, 7) is 0.498. The lowest BCUT2D eigenvalue weighted by Gasteiger charge is -2.15. The van der Waals surface area contributed by atoms with E-state index in [4.69, 9.17) is 9.15 Å². The second kappa shape index (κ2) is 6.63. The summed E-state index contributed by atoms with van der Waals surface area (Å²) < 4.78 is 10.00. The zero-order valence-electron chi connectivity index (χ0n) is 8.53. The van der Waals surface area contributed by atoms with Crippen molar-refractivity contribution >= 4 is 21.8 Å². The molecule has 0 saturated carbocycles. The zero-order valence-corrected chi connectivity index (χ0v) is 10.1. The fourth-order valence-electron chi connectivity index (χ4n) is 1.19. The van der Waals surface area contributed by atoms with Gasteiger partial charge in [0.25, 0.3) is 5.91 Å². The fourth-order valence-corrected chi connectivity index (χ4v) is 1.75. The first-order valence-electron chi connectivity index (χ1n) is 4.67. The zero-order chi connectivity index (χ0) is 11.1. The molecule has 0 spiro atoms. The Morgan fingerprint density at radius 3 is 3.07 bits per heavy atom. The molecule has 1 N–H and O–H groups in total. The normalized spacial score (nSPS) is 12.4. The van der Waals surface area contributed by atoms with Crippen LogP contribution in [-0.2, 0) is 4.74 Å². The van der Waals surface area contributed by atoms with Crippen molar-refractivity contribution in [2.45, 2.75) is 12.5 Å². The third-order valence-corrected chi connectivity index (χ3v) is 2.36. The van der Waals surface area contributed by atoms with Gasteiger partial charge in [-0.15, -0.1) is 0 Å². The summed E-state index contributed by atoms with van der Waals surface area (Å²) in [7, 11) is 1.61. The first kappa shape index (κ1) is 12.3. The summed E-state index contributed by atoms with van der Waals surface area (Å²) in [6, 6.07) is 3.32. The molecule has 84 valence electrons. The topological polar surface area (TPSA) is 51.5 Å². The largest absolute Gasteiger partial charge is 0.459 e. The number of methoxy groups -OCH3 is 1. The number of alkyl halides is 1. The van der Waals surface area contributed by atoms with Gasteiger partial charge in [-0.05, 0) is 18.6 Å². The minimum Gasteiger partial charge on any atom is -0.459 e. The predicted octanol–water partition coefficient (Wildman–Crippen LogP) is 1.81. The van der Waals surface area contributed by atoms with Crippen LogP contribution in [0.15, 0.2) is 22.8 Å². The first-order valence-corrected chi connectivity index (χ1v) is 5.79. The molecule has 1 aromatic rings. The SMILES string of the molecule is COCC(CCBr)NC(=O)c1ccco1. The maximum absolute atomic E-state index is 11.6. The van der Waals surface area contributed by atoms with Crippen LogP contribution in [0, 0.1) is 0 Å². The maximum atomic E-state index is 11.6. The highest BCUT2D eigenvalue weighted by atomic mass is 79.9. The van der Waals surface area contributed by atoms with E-state index in [2.05, 4.69) is 21.2 Å². The molecule has 4 nitrogen and oxygen atoms in total. The smallest absolute Gasteiger partial charge is 0.287 e. The van der Waals surface area contributed by atoms with Crippen molar-refractivity contribution in [3.8, 4) is 0 Å². The molecule has 1 rings (SSSR count). The minimum atomic E-state index is -0.206. The molecule has 1 atom stereocenters. The molecule has 0 aromatic carbocycles. The molecule has 0 aliphatic heterocycles. The van der Waals surface area contributed by atoms with Gasteiger partial charge in [-0.3, -0.25) is 4.79 Å². The van der Waals surface area contributed by atoms with Gasteiger partial charge >= 0.3 is 0 Å². The molecule has 1 aromatic heterocycles. The van der Waals surface area contributed by atoms with E-state index < -0.39 is 0 Å². The van der Waals surface area contributed by atoms with Crippen molar-refractivity contribution in [2.75, 3.05) is 19.0 Å². The van der Waals surface area contributed by atoms with Crippen LogP contribution in [0.4, 0.5) is 0 Å². The maximum Gasteiger partial charge on any atom is 0.287 e. The van der Waals surface area contributed by atoms with Crippen LogP contribution in [-0.4, -0.2) is 31.0 Å². The van der Waals surface area contributed by atoms with Crippen LogP contribution in [0.5, 0.6) is 0 Å². The number of halogens is 1. The van der Waals surface area contributed by atoms with Crippen LogP contribution in [0.2, 0.25) is 0 Å². The average molecular weight is 276 g/mol. The number of hydrogen-bond acceptors (Lipinski definition) is 3. The Hall–Kier alpha value is -0.810. The van der Waals surface area contributed by atoms with E-state index in [0.717, 1.165) is 11.8 Å². The van der Waals surface area contributed by atoms with E-state index in [1.807, 2.05) is 0 Å². The molecule has 1 unspecified atom stereocenters. The Bertz CT molecular complexity index is 281. The second-order valence-corrected chi connectivity index (χ2v) is 3.87. The van der Waals surface area contributed by atoms with Gasteiger partial charge in [-0.2, -0.15) is 0 Å². The lowest BCUT2D eigenvalue weighted by molar-refractivity contribution is 0.0868. The van der Waals surface area contributed by atoms with Crippen molar-refractivity contribution in [2.24, 2.45) is 0 Å². The molecule has 15 heavy (non-hydrogen) atoms. The minimum absolute atomic E-state index is 0.00646. The quantitative estimate of drug-likeness (QED) is 0.806. The van der Waals surface area contributed by atoms with Gasteiger partial charge in [-0.1, -0.05) is 15.9 Å². The number of hydrogen-bond donors (Lipinski definition) is 1. The number of furan rings is 1. The molecular weight excluding hydrogens is 262 g/mol. The number of carbonyl (C=O) groups is 1. The van der Waals surface area contributed by atoms with Crippen LogP contribution < -0.4 is 5.32 Å². The highest BCUT2D eigenvalue weighted by Gasteiger charge is 2.14. The van der Waals surface area contributed by atoms with Crippen molar-refractivity contribution < 1.29 is 13.9 Å². The lowest BCUT2D eigenvalue weighted by Crippen LogP contribution is -2.38. The van der Waals surface area contributed by atoms with Crippen molar-refractivity contribution in [3.63, 3.8) is 0 Å². The Morgan fingerprint density at radius 2 is 2.53 bits per heavy atom. The molecule has 1 heterocycles. The number of nitrogens with one attached hydrogen (secondary N) is 1. The molecule has 0 radical (unpaired) electrons. The number of carbonyl (C=O) groups excluding carboxylic acids is 1. The Kier molecular flexibility index (Phi) is 5.42. The second-order valence-electron chi connectivity index (χ2n) is 3.08. The van der Waals surface area contributed by atoms with Gasteiger partial charge in [0.15, 0.2) is 5.76 Å². The fraction of sp³-hybridized carbons (Fsp3) is 0.500. The molecule has 0 fully saturated rings. The van der Waals surface area contributed by atoms with E-state index in [1.54, 1.807) is 19.2 Å². The number of rotatable bonds is 6. The Morgan fingerprint density at radius 1 is 1.73 bits per heavy atom. The third kappa shape index (κ3) is 4.05. The molecular formula is C10H14BrNO3. The van der Waals surface area contributed by atoms with Crippen molar-refractivity contribution in [1.29, 1.82) is 0 Å².